The predicted octanol–water partition coefficient (Wildman–Crippen LogP) is 11.0. The Labute approximate surface area is 267 Å². The van der Waals surface area contributed by atoms with Gasteiger partial charge in [0.2, 0.25) is 0 Å². The van der Waals surface area contributed by atoms with E-state index in [1.54, 1.807) is 6.20 Å². The van der Waals surface area contributed by atoms with Crippen LogP contribution in [-0.4, -0.2) is 15.0 Å². The molecule has 46 heavy (non-hydrogen) atoms. The summed E-state index contributed by atoms with van der Waals surface area (Å²) < 4.78 is 0. The first-order chi connectivity index (χ1) is 22.8. The van der Waals surface area contributed by atoms with E-state index in [1.807, 2.05) is 18.3 Å². The molecule has 3 nitrogen and oxygen atoms in total. The normalized spacial score (nSPS) is 11.5. The Morgan fingerprint density at radius 1 is 0.348 bits per heavy atom. The van der Waals surface area contributed by atoms with Crippen LogP contribution in [0.2, 0.25) is 0 Å². The standard InChI is InChI=1S/C43H27N3/c1-2-9-28(10-3-1)29-18-20-30(21-19-29)40-26-41(46-43(45-40)32-12-6-11-31(25-32)33-13-8-24-44-27-33)36-22-23-39-35-15-5-4-14-34(35)37-16-7-17-38(36)42(37)39/h1-27H. The van der Waals surface area contributed by atoms with Gasteiger partial charge in [0.15, 0.2) is 5.82 Å². The van der Waals surface area contributed by atoms with Crippen molar-refractivity contribution in [1.29, 1.82) is 0 Å². The Morgan fingerprint density at radius 2 is 0.957 bits per heavy atom. The summed E-state index contributed by atoms with van der Waals surface area (Å²) in [5.74, 6) is 0.692. The van der Waals surface area contributed by atoms with Gasteiger partial charge in [-0.05, 0) is 67.9 Å². The molecule has 6 aromatic carbocycles. The number of hydrogen-bond donors (Lipinski definition) is 0. The van der Waals surface area contributed by atoms with Crippen LogP contribution >= 0.6 is 0 Å². The Hall–Kier alpha value is -6.19. The molecule has 0 unspecified atom stereocenters. The molecule has 2 aromatic heterocycles. The molecule has 0 aliphatic heterocycles. The van der Waals surface area contributed by atoms with Gasteiger partial charge in [-0.1, -0.05) is 133 Å². The molecule has 0 saturated carbocycles. The van der Waals surface area contributed by atoms with Gasteiger partial charge in [0, 0.05) is 34.6 Å². The van der Waals surface area contributed by atoms with Crippen LogP contribution in [0.4, 0.5) is 0 Å². The van der Waals surface area contributed by atoms with Crippen molar-refractivity contribution in [3.05, 3.63) is 164 Å². The molecule has 0 spiro atoms. The summed E-state index contributed by atoms with van der Waals surface area (Å²) in [4.78, 5) is 14.8. The van der Waals surface area contributed by atoms with Crippen molar-refractivity contribution < 1.29 is 0 Å². The zero-order valence-electron chi connectivity index (χ0n) is 24.9. The van der Waals surface area contributed by atoms with Crippen molar-refractivity contribution in [1.82, 2.24) is 15.0 Å². The van der Waals surface area contributed by atoms with Crippen molar-refractivity contribution >= 4 is 10.8 Å². The predicted molar refractivity (Wildman–Crippen MR) is 189 cm³/mol. The van der Waals surface area contributed by atoms with E-state index < -0.39 is 0 Å². The minimum atomic E-state index is 0.692. The average Bonchev–Trinajstić information content (AvgIpc) is 3.47. The molecule has 1 aliphatic rings. The van der Waals surface area contributed by atoms with Gasteiger partial charge in [0.25, 0.3) is 0 Å². The smallest absolute Gasteiger partial charge is 0.160 e. The molecule has 0 fully saturated rings. The van der Waals surface area contributed by atoms with Gasteiger partial charge in [0.05, 0.1) is 11.4 Å². The highest BCUT2D eigenvalue weighted by molar-refractivity contribution is 6.18. The number of fused-ring (bicyclic) bond motifs is 3. The van der Waals surface area contributed by atoms with E-state index >= 15 is 0 Å². The first kappa shape index (κ1) is 26.2. The molecule has 214 valence electrons. The van der Waals surface area contributed by atoms with Crippen LogP contribution in [0.25, 0.3) is 89.2 Å². The van der Waals surface area contributed by atoms with E-state index in [1.165, 1.54) is 44.2 Å². The van der Waals surface area contributed by atoms with E-state index in [-0.39, 0.29) is 0 Å². The minimum Gasteiger partial charge on any atom is -0.264 e. The number of hydrogen-bond acceptors (Lipinski definition) is 3. The molecular weight excluding hydrogens is 558 g/mol. The minimum absolute atomic E-state index is 0.692. The molecule has 2 heterocycles. The highest BCUT2D eigenvalue weighted by Gasteiger charge is 2.23. The van der Waals surface area contributed by atoms with E-state index in [4.69, 9.17) is 9.97 Å². The van der Waals surface area contributed by atoms with Gasteiger partial charge in [-0.3, -0.25) is 4.98 Å². The Bertz CT molecular complexity index is 2370. The molecule has 0 radical (unpaired) electrons. The van der Waals surface area contributed by atoms with Crippen LogP contribution in [0.3, 0.4) is 0 Å². The largest absolute Gasteiger partial charge is 0.264 e. The maximum atomic E-state index is 5.25. The maximum absolute atomic E-state index is 5.25. The number of rotatable bonds is 5. The van der Waals surface area contributed by atoms with Crippen LogP contribution in [0, 0.1) is 0 Å². The van der Waals surface area contributed by atoms with E-state index in [0.29, 0.717) is 5.82 Å². The lowest BCUT2D eigenvalue weighted by atomic mass is 9.95. The highest BCUT2D eigenvalue weighted by atomic mass is 14.9. The SMILES string of the molecule is c1ccc(-c2ccc(-c3cc(-c4ccc5c6c(cccc46)-c4ccccc4-5)nc(-c4cccc(-c5cccnc5)c4)n3)cc2)cc1. The lowest BCUT2D eigenvalue weighted by molar-refractivity contribution is 1.18. The Morgan fingerprint density at radius 3 is 1.76 bits per heavy atom. The third-order valence-corrected chi connectivity index (χ3v) is 8.95. The van der Waals surface area contributed by atoms with Crippen molar-refractivity contribution in [2.24, 2.45) is 0 Å². The summed E-state index contributed by atoms with van der Waals surface area (Å²) in [6.45, 7) is 0. The lowest BCUT2D eigenvalue weighted by Gasteiger charge is -2.13. The Balaban J connectivity index is 1.23. The zero-order chi connectivity index (χ0) is 30.5. The van der Waals surface area contributed by atoms with Crippen molar-refractivity contribution in [2.75, 3.05) is 0 Å². The molecular formula is C43H27N3. The summed E-state index contributed by atoms with van der Waals surface area (Å²) in [6.07, 6.45) is 3.69. The van der Waals surface area contributed by atoms with Crippen LogP contribution in [0.1, 0.15) is 0 Å². The molecule has 0 bridgehead atoms. The number of pyridine rings is 1. The fourth-order valence-corrected chi connectivity index (χ4v) is 6.73. The summed E-state index contributed by atoms with van der Waals surface area (Å²) in [7, 11) is 0. The lowest BCUT2D eigenvalue weighted by Crippen LogP contribution is -1.97. The van der Waals surface area contributed by atoms with Gasteiger partial charge in [-0.25, -0.2) is 9.97 Å². The van der Waals surface area contributed by atoms with Crippen LogP contribution in [0.5, 0.6) is 0 Å². The van der Waals surface area contributed by atoms with Gasteiger partial charge < -0.3 is 0 Å². The second-order valence-electron chi connectivity index (χ2n) is 11.7. The molecule has 3 heteroatoms. The Kier molecular flexibility index (Phi) is 6.14. The van der Waals surface area contributed by atoms with E-state index in [9.17, 15) is 0 Å². The fraction of sp³-hybridized carbons (Fsp3) is 0. The van der Waals surface area contributed by atoms with Gasteiger partial charge >= 0.3 is 0 Å². The fourth-order valence-electron chi connectivity index (χ4n) is 6.73. The second-order valence-corrected chi connectivity index (χ2v) is 11.7. The summed E-state index contributed by atoms with van der Waals surface area (Å²) in [6, 6.07) is 53.5. The first-order valence-corrected chi connectivity index (χ1v) is 15.5. The number of aromatic nitrogens is 3. The summed E-state index contributed by atoms with van der Waals surface area (Å²) >= 11 is 0. The molecule has 0 N–H and O–H groups in total. The molecule has 1 aliphatic carbocycles. The number of benzene rings is 6. The van der Waals surface area contributed by atoms with Crippen molar-refractivity contribution in [2.45, 2.75) is 0 Å². The topological polar surface area (TPSA) is 38.7 Å². The van der Waals surface area contributed by atoms with Crippen molar-refractivity contribution in [3.8, 4) is 78.4 Å². The summed E-state index contributed by atoms with van der Waals surface area (Å²) in [5.41, 5.74) is 14.5. The number of nitrogens with zero attached hydrogens (tertiary/aromatic N) is 3. The van der Waals surface area contributed by atoms with Crippen LogP contribution < -0.4 is 0 Å². The monoisotopic (exact) mass is 585 g/mol. The second kappa shape index (κ2) is 10.8. The molecule has 9 rings (SSSR count). The third-order valence-electron chi connectivity index (χ3n) is 8.95. The zero-order valence-corrected chi connectivity index (χ0v) is 24.9. The maximum Gasteiger partial charge on any atom is 0.160 e. The average molecular weight is 586 g/mol. The molecule has 8 aromatic rings. The third kappa shape index (κ3) is 4.41. The van der Waals surface area contributed by atoms with E-state index in [2.05, 4.69) is 145 Å². The van der Waals surface area contributed by atoms with Gasteiger partial charge in [-0.15, -0.1) is 0 Å². The molecule has 0 amide bonds. The van der Waals surface area contributed by atoms with Crippen LogP contribution in [-0.2, 0) is 0 Å². The highest BCUT2D eigenvalue weighted by Crippen LogP contribution is 2.49. The first-order valence-electron chi connectivity index (χ1n) is 15.5. The van der Waals surface area contributed by atoms with Gasteiger partial charge in [0.1, 0.15) is 0 Å². The van der Waals surface area contributed by atoms with Gasteiger partial charge in [-0.2, -0.15) is 0 Å². The van der Waals surface area contributed by atoms with E-state index in [0.717, 1.165) is 39.2 Å². The van der Waals surface area contributed by atoms with Crippen molar-refractivity contribution in [3.63, 3.8) is 0 Å². The molecule has 0 atom stereocenters. The van der Waals surface area contributed by atoms with Crippen LogP contribution in [0.15, 0.2) is 164 Å². The quantitative estimate of drug-likeness (QED) is 0.202. The molecule has 0 saturated heterocycles. The summed E-state index contributed by atoms with van der Waals surface area (Å²) in [5, 5.41) is 2.49.